The first-order valence-electron chi connectivity index (χ1n) is 10.3. The highest BCUT2D eigenvalue weighted by Crippen LogP contribution is 2.31. The number of aromatic nitrogens is 2. The van der Waals surface area contributed by atoms with Gasteiger partial charge in [-0.15, -0.1) is 0 Å². The van der Waals surface area contributed by atoms with Gasteiger partial charge in [-0.2, -0.15) is 0 Å². The standard InChI is InChI=1S/C27H21N3OS/c31-27(25-17-30(32)18-28-25)23-13-7-12-19-14-15-22(16-24(19)23)29-26(20-8-3-1-4-9-20)21-10-5-2-6-11-21/h1-18,27,31-32H. The molecule has 1 aromatic heterocycles. The van der Waals surface area contributed by atoms with Crippen molar-refractivity contribution < 1.29 is 5.11 Å². The molecule has 156 valence electrons. The molecular formula is C27H21N3OS. The van der Waals surface area contributed by atoms with Crippen LogP contribution in [0.4, 0.5) is 5.69 Å². The molecule has 32 heavy (non-hydrogen) atoms. The van der Waals surface area contributed by atoms with Gasteiger partial charge in [-0.05, 0) is 28.5 Å². The highest BCUT2D eigenvalue weighted by atomic mass is 32.1. The molecule has 0 fully saturated rings. The lowest BCUT2D eigenvalue weighted by Crippen LogP contribution is -2.03. The summed E-state index contributed by atoms with van der Waals surface area (Å²) in [5.41, 5.74) is 5.15. The fraction of sp³-hybridized carbons (Fsp3) is 0.0370. The van der Waals surface area contributed by atoms with Crippen LogP contribution in [0.5, 0.6) is 0 Å². The minimum atomic E-state index is -0.853. The van der Waals surface area contributed by atoms with Crippen LogP contribution in [0.2, 0.25) is 0 Å². The zero-order valence-corrected chi connectivity index (χ0v) is 18.1. The van der Waals surface area contributed by atoms with Crippen molar-refractivity contribution in [3.05, 3.63) is 132 Å². The summed E-state index contributed by atoms with van der Waals surface area (Å²) in [5, 5.41) is 13.0. The highest BCUT2D eigenvalue weighted by molar-refractivity contribution is 7.78. The van der Waals surface area contributed by atoms with Crippen molar-refractivity contribution in [2.75, 3.05) is 0 Å². The van der Waals surface area contributed by atoms with E-state index in [0.717, 1.165) is 38.9 Å². The number of aliphatic hydroxyl groups is 1. The van der Waals surface area contributed by atoms with E-state index >= 15 is 0 Å². The lowest BCUT2D eigenvalue weighted by molar-refractivity contribution is 0.217. The van der Waals surface area contributed by atoms with Gasteiger partial charge in [-0.1, -0.05) is 97.7 Å². The predicted octanol–water partition coefficient (Wildman–Crippen LogP) is 5.98. The Morgan fingerprint density at radius 1 is 0.844 bits per heavy atom. The van der Waals surface area contributed by atoms with E-state index in [4.69, 9.17) is 4.99 Å². The maximum atomic E-state index is 11.0. The Bertz CT molecular complexity index is 1350. The molecule has 0 saturated carbocycles. The average molecular weight is 436 g/mol. The molecule has 5 aromatic rings. The van der Waals surface area contributed by atoms with Gasteiger partial charge in [0.1, 0.15) is 12.4 Å². The van der Waals surface area contributed by atoms with E-state index in [1.54, 1.807) is 12.5 Å². The van der Waals surface area contributed by atoms with Crippen molar-refractivity contribution in [1.82, 2.24) is 8.96 Å². The molecule has 1 heterocycles. The number of aliphatic imine (C=N–C) groups is 1. The molecule has 0 bridgehead atoms. The molecular weight excluding hydrogens is 414 g/mol. The summed E-state index contributed by atoms with van der Waals surface area (Å²) >= 11 is 4.23. The molecule has 0 saturated heterocycles. The maximum absolute atomic E-state index is 11.0. The molecule has 0 spiro atoms. The van der Waals surface area contributed by atoms with Crippen LogP contribution >= 0.6 is 12.8 Å². The number of fused-ring (bicyclic) bond motifs is 1. The SMILES string of the molecule is OC(c1cn(S)cn1)c1cccc2ccc(N=C(c3ccccc3)c3ccccc3)cc12. The maximum Gasteiger partial charge on any atom is 0.123 e. The third-order valence-electron chi connectivity index (χ3n) is 5.40. The van der Waals surface area contributed by atoms with Crippen molar-refractivity contribution in [2.45, 2.75) is 6.10 Å². The van der Waals surface area contributed by atoms with Crippen LogP contribution in [0.25, 0.3) is 10.8 Å². The van der Waals surface area contributed by atoms with Crippen molar-refractivity contribution in [3.8, 4) is 0 Å². The summed E-state index contributed by atoms with van der Waals surface area (Å²) in [5.74, 6) is 0. The summed E-state index contributed by atoms with van der Waals surface area (Å²) in [4.78, 5) is 9.29. The Hall–Kier alpha value is -3.67. The molecule has 5 heteroatoms. The van der Waals surface area contributed by atoms with Crippen molar-refractivity contribution in [1.29, 1.82) is 0 Å². The van der Waals surface area contributed by atoms with Gasteiger partial charge in [0.25, 0.3) is 0 Å². The van der Waals surface area contributed by atoms with Gasteiger partial charge in [0.2, 0.25) is 0 Å². The van der Waals surface area contributed by atoms with Gasteiger partial charge in [-0.3, -0.25) is 3.97 Å². The molecule has 0 radical (unpaired) electrons. The van der Waals surface area contributed by atoms with Crippen LogP contribution in [-0.4, -0.2) is 19.8 Å². The van der Waals surface area contributed by atoms with Crippen molar-refractivity contribution >= 4 is 35.0 Å². The van der Waals surface area contributed by atoms with E-state index in [2.05, 4.69) is 42.1 Å². The minimum absolute atomic E-state index is 0.552. The smallest absolute Gasteiger partial charge is 0.123 e. The molecule has 5 rings (SSSR count). The van der Waals surface area contributed by atoms with E-state index in [1.165, 1.54) is 3.97 Å². The predicted molar refractivity (Wildman–Crippen MR) is 133 cm³/mol. The van der Waals surface area contributed by atoms with Gasteiger partial charge in [0.15, 0.2) is 0 Å². The normalized spacial score (nSPS) is 11.9. The second-order valence-electron chi connectivity index (χ2n) is 7.53. The summed E-state index contributed by atoms with van der Waals surface area (Å²) < 4.78 is 1.53. The first kappa shape index (κ1) is 20.2. The Labute approximate surface area is 192 Å². The Kier molecular flexibility index (Phi) is 5.58. The molecule has 4 aromatic carbocycles. The van der Waals surface area contributed by atoms with Gasteiger partial charge in [-0.25, -0.2) is 9.98 Å². The molecule has 1 N–H and O–H groups in total. The van der Waals surface area contributed by atoms with Crippen LogP contribution in [0.15, 0.2) is 115 Å². The second kappa shape index (κ2) is 8.83. The molecule has 0 amide bonds. The summed E-state index contributed by atoms with van der Waals surface area (Å²) in [6.07, 6.45) is 2.42. The average Bonchev–Trinajstić information content (AvgIpc) is 3.29. The fourth-order valence-corrected chi connectivity index (χ4v) is 4.01. The first-order chi connectivity index (χ1) is 15.7. The zero-order chi connectivity index (χ0) is 21.9. The highest BCUT2D eigenvalue weighted by Gasteiger charge is 2.16. The van der Waals surface area contributed by atoms with Gasteiger partial charge in [0, 0.05) is 17.3 Å². The van der Waals surface area contributed by atoms with Crippen molar-refractivity contribution in [2.24, 2.45) is 4.99 Å². The monoisotopic (exact) mass is 435 g/mol. The lowest BCUT2D eigenvalue weighted by Gasteiger charge is -2.13. The van der Waals surface area contributed by atoms with Crippen LogP contribution in [0.1, 0.15) is 28.5 Å². The van der Waals surface area contributed by atoms with E-state index in [-0.39, 0.29) is 0 Å². The lowest BCUT2D eigenvalue weighted by atomic mass is 9.98. The van der Waals surface area contributed by atoms with Gasteiger partial charge < -0.3 is 5.11 Å². The Morgan fingerprint density at radius 3 is 2.16 bits per heavy atom. The molecule has 0 aliphatic heterocycles. The van der Waals surface area contributed by atoms with E-state index in [9.17, 15) is 5.11 Å². The first-order valence-corrected chi connectivity index (χ1v) is 10.7. The number of thiol groups is 1. The summed E-state index contributed by atoms with van der Waals surface area (Å²) in [7, 11) is 0. The molecule has 0 aliphatic rings. The number of hydrogen-bond donors (Lipinski definition) is 2. The zero-order valence-electron chi connectivity index (χ0n) is 17.2. The summed E-state index contributed by atoms with van der Waals surface area (Å²) in [6, 6.07) is 32.3. The van der Waals surface area contributed by atoms with Gasteiger partial charge >= 0.3 is 0 Å². The second-order valence-corrected chi connectivity index (χ2v) is 7.99. The Morgan fingerprint density at radius 2 is 1.53 bits per heavy atom. The third kappa shape index (κ3) is 4.08. The van der Waals surface area contributed by atoms with E-state index in [1.807, 2.05) is 72.8 Å². The number of hydrogen-bond acceptors (Lipinski definition) is 4. The van der Waals surface area contributed by atoms with Crippen LogP contribution in [0.3, 0.4) is 0 Å². The summed E-state index contributed by atoms with van der Waals surface area (Å²) in [6.45, 7) is 0. The topological polar surface area (TPSA) is 50.4 Å². The minimum Gasteiger partial charge on any atom is -0.382 e. The Balaban J connectivity index is 1.64. The fourth-order valence-electron chi connectivity index (χ4n) is 3.84. The van der Waals surface area contributed by atoms with E-state index < -0.39 is 6.10 Å². The molecule has 4 nitrogen and oxygen atoms in total. The largest absolute Gasteiger partial charge is 0.382 e. The number of aliphatic hydroxyl groups excluding tert-OH is 1. The molecule has 1 unspecified atom stereocenters. The van der Waals surface area contributed by atoms with E-state index in [0.29, 0.717) is 5.69 Å². The quantitative estimate of drug-likeness (QED) is 0.264. The number of rotatable bonds is 5. The number of imidazole rings is 1. The number of benzene rings is 4. The molecule has 1 atom stereocenters. The van der Waals surface area contributed by atoms with Gasteiger partial charge in [0.05, 0.1) is 17.1 Å². The molecule has 0 aliphatic carbocycles. The van der Waals surface area contributed by atoms with Crippen LogP contribution in [0, 0.1) is 0 Å². The third-order valence-corrected chi connectivity index (χ3v) is 5.62. The van der Waals surface area contributed by atoms with Crippen LogP contribution in [-0.2, 0) is 0 Å². The van der Waals surface area contributed by atoms with Crippen LogP contribution < -0.4 is 0 Å². The number of nitrogens with zero attached hydrogens (tertiary/aromatic N) is 3. The van der Waals surface area contributed by atoms with Crippen molar-refractivity contribution in [3.63, 3.8) is 0 Å².